The van der Waals surface area contributed by atoms with E-state index in [1.165, 1.54) is 11.3 Å². The Kier molecular flexibility index (Phi) is 3.73. The van der Waals surface area contributed by atoms with E-state index in [1.54, 1.807) is 10.4 Å². The maximum Gasteiger partial charge on any atom is 0.249 e. The second-order valence-electron chi connectivity index (χ2n) is 5.67. The molecule has 2 aromatic heterocycles. The molecule has 0 saturated carbocycles. The van der Waals surface area contributed by atoms with E-state index in [2.05, 4.69) is 20.5 Å². The van der Waals surface area contributed by atoms with E-state index in [1.807, 2.05) is 30.5 Å². The first-order valence-electron chi connectivity index (χ1n) is 7.64. The standard InChI is InChI=1S/C16H15N5O2S/c22-14-6-5-13(15(23)19-16-20-18-9-24-16)21(14)8-10-7-17-12-4-2-1-3-11(10)12/h1-4,7,9,13,17H,5-6,8H2,(H,19,20,23)/t13-/m0/s1. The molecule has 8 heteroatoms. The second kappa shape index (κ2) is 6.04. The first kappa shape index (κ1) is 14.8. The van der Waals surface area contributed by atoms with Crippen molar-refractivity contribution in [2.75, 3.05) is 5.32 Å². The number of aromatic amines is 1. The number of amides is 2. The van der Waals surface area contributed by atoms with Gasteiger partial charge in [-0.25, -0.2) is 0 Å². The summed E-state index contributed by atoms with van der Waals surface area (Å²) >= 11 is 1.26. The zero-order chi connectivity index (χ0) is 16.5. The van der Waals surface area contributed by atoms with Gasteiger partial charge in [0.05, 0.1) is 0 Å². The van der Waals surface area contributed by atoms with Gasteiger partial charge in [-0.1, -0.05) is 29.5 Å². The van der Waals surface area contributed by atoms with Gasteiger partial charge in [0.2, 0.25) is 16.9 Å². The third-order valence-corrected chi connectivity index (χ3v) is 4.84. The summed E-state index contributed by atoms with van der Waals surface area (Å²) in [7, 11) is 0. The van der Waals surface area contributed by atoms with E-state index >= 15 is 0 Å². The van der Waals surface area contributed by atoms with Crippen molar-refractivity contribution in [3.05, 3.63) is 41.5 Å². The lowest BCUT2D eigenvalue weighted by Crippen LogP contribution is -2.41. The van der Waals surface area contributed by atoms with Gasteiger partial charge in [-0.3, -0.25) is 14.9 Å². The smallest absolute Gasteiger partial charge is 0.249 e. The number of anilines is 1. The number of H-pyrrole nitrogens is 1. The van der Waals surface area contributed by atoms with E-state index < -0.39 is 6.04 Å². The first-order valence-corrected chi connectivity index (χ1v) is 8.52. The average Bonchev–Trinajstić information content (AvgIpc) is 3.30. The van der Waals surface area contributed by atoms with Gasteiger partial charge in [-0.05, 0) is 18.1 Å². The third-order valence-electron chi connectivity index (χ3n) is 4.24. The average molecular weight is 341 g/mol. The van der Waals surface area contributed by atoms with Crippen molar-refractivity contribution in [1.82, 2.24) is 20.1 Å². The first-order chi connectivity index (χ1) is 11.7. The molecule has 1 aliphatic heterocycles. The number of aromatic nitrogens is 3. The Morgan fingerprint density at radius 1 is 1.42 bits per heavy atom. The number of carbonyl (C=O) groups is 2. The van der Waals surface area contributed by atoms with Gasteiger partial charge in [0, 0.05) is 30.1 Å². The van der Waals surface area contributed by atoms with Crippen molar-refractivity contribution in [2.45, 2.75) is 25.4 Å². The SMILES string of the molecule is O=C(Nc1nncs1)[C@@H]1CCC(=O)N1Cc1c[nH]c2ccccc12. The van der Waals surface area contributed by atoms with Crippen LogP contribution in [-0.2, 0) is 16.1 Å². The lowest BCUT2D eigenvalue weighted by Gasteiger charge is -2.23. The van der Waals surface area contributed by atoms with Crippen LogP contribution in [0, 0.1) is 0 Å². The molecule has 1 fully saturated rings. The van der Waals surface area contributed by atoms with Gasteiger partial charge in [-0.2, -0.15) is 0 Å². The highest BCUT2D eigenvalue weighted by atomic mass is 32.1. The molecule has 1 aliphatic rings. The molecule has 122 valence electrons. The van der Waals surface area contributed by atoms with Crippen LogP contribution in [0.3, 0.4) is 0 Å². The molecule has 24 heavy (non-hydrogen) atoms. The molecular formula is C16H15N5O2S. The highest BCUT2D eigenvalue weighted by molar-refractivity contribution is 7.13. The van der Waals surface area contributed by atoms with Crippen molar-refractivity contribution < 1.29 is 9.59 Å². The molecule has 0 bridgehead atoms. The molecular weight excluding hydrogens is 326 g/mol. The fourth-order valence-electron chi connectivity index (χ4n) is 3.07. The quantitative estimate of drug-likeness (QED) is 0.761. The lowest BCUT2D eigenvalue weighted by atomic mass is 10.1. The lowest BCUT2D eigenvalue weighted by molar-refractivity contribution is -0.133. The predicted octanol–water partition coefficient (Wildman–Crippen LogP) is 2.15. The summed E-state index contributed by atoms with van der Waals surface area (Å²) in [6.45, 7) is 0.414. The molecule has 1 saturated heterocycles. The largest absolute Gasteiger partial charge is 0.361 e. The Bertz CT molecular complexity index is 889. The molecule has 4 rings (SSSR count). The van der Waals surface area contributed by atoms with Crippen LogP contribution in [0.1, 0.15) is 18.4 Å². The molecule has 0 unspecified atom stereocenters. The van der Waals surface area contributed by atoms with Crippen LogP contribution in [0.25, 0.3) is 10.9 Å². The monoisotopic (exact) mass is 341 g/mol. The van der Waals surface area contributed by atoms with Crippen molar-refractivity contribution in [1.29, 1.82) is 0 Å². The van der Waals surface area contributed by atoms with Crippen LogP contribution in [0.5, 0.6) is 0 Å². The molecule has 1 atom stereocenters. The molecule has 1 aromatic carbocycles. The fraction of sp³-hybridized carbons (Fsp3) is 0.250. The number of nitrogens with one attached hydrogen (secondary N) is 2. The van der Waals surface area contributed by atoms with Crippen LogP contribution >= 0.6 is 11.3 Å². The normalized spacial score (nSPS) is 17.6. The molecule has 2 N–H and O–H groups in total. The number of likely N-dealkylation sites (tertiary alicyclic amines) is 1. The summed E-state index contributed by atoms with van der Waals surface area (Å²) in [4.78, 5) is 29.6. The highest BCUT2D eigenvalue weighted by Gasteiger charge is 2.36. The van der Waals surface area contributed by atoms with Crippen LogP contribution in [0.15, 0.2) is 36.0 Å². The Balaban J connectivity index is 1.55. The van der Waals surface area contributed by atoms with E-state index in [4.69, 9.17) is 0 Å². The molecule has 0 radical (unpaired) electrons. The van der Waals surface area contributed by atoms with Gasteiger partial charge in [-0.15, -0.1) is 10.2 Å². The second-order valence-corrected chi connectivity index (χ2v) is 6.50. The van der Waals surface area contributed by atoms with E-state index in [0.717, 1.165) is 16.5 Å². The van der Waals surface area contributed by atoms with Gasteiger partial charge in [0.15, 0.2) is 0 Å². The summed E-state index contributed by atoms with van der Waals surface area (Å²) in [5.74, 6) is -0.213. The number of benzene rings is 1. The Labute approximate surface area is 141 Å². The van der Waals surface area contributed by atoms with Crippen molar-refractivity contribution >= 4 is 39.2 Å². The Morgan fingerprint density at radius 2 is 2.29 bits per heavy atom. The summed E-state index contributed by atoms with van der Waals surface area (Å²) < 4.78 is 0. The number of para-hydroxylation sites is 1. The zero-order valence-electron chi connectivity index (χ0n) is 12.7. The number of fused-ring (bicyclic) bond motifs is 1. The van der Waals surface area contributed by atoms with Crippen LogP contribution < -0.4 is 5.32 Å². The van der Waals surface area contributed by atoms with Gasteiger partial charge in [0.25, 0.3) is 0 Å². The molecule has 0 aliphatic carbocycles. The summed E-state index contributed by atoms with van der Waals surface area (Å²) in [6.07, 6.45) is 2.80. The molecule has 7 nitrogen and oxygen atoms in total. The molecule has 0 spiro atoms. The van der Waals surface area contributed by atoms with E-state index in [9.17, 15) is 9.59 Å². The van der Waals surface area contributed by atoms with Crippen molar-refractivity contribution in [3.63, 3.8) is 0 Å². The molecule has 3 aromatic rings. The van der Waals surface area contributed by atoms with E-state index in [0.29, 0.717) is 24.5 Å². The Hall–Kier alpha value is -2.74. The summed E-state index contributed by atoms with van der Waals surface area (Å²) in [5.41, 5.74) is 3.59. The minimum atomic E-state index is -0.477. The number of carbonyl (C=O) groups excluding carboxylic acids is 2. The zero-order valence-corrected chi connectivity index (χ0v) is 13.5. The van der Waals surface area contributed by atoms with Crippen molar-refractivity contribution in [3.8, 4) is 0 Å². The number of hydrogen-bond donors (Lipinski definition) is 2. The van der Waals surface area contributed by atoms with Gasteiger partial charge < -0.3 is 9.88 Å². The molecule has 3 heterocycles. The number of rotatable bonds is 4. The maximum absolute atomic E-state index is 12.5. The maximum atomic E-state index is 12.5. The van der Waals surface area contributed by atoms with Crippen LogP contribution in [-0.4, -0.2) is 37.9 Å². The minimum Gasteiger partial charge on any atom is -0.361 e. The van der Waals surface area contributed by atoms with Crippen LogP contribution in [0.2, 0.25) is 0 Å². The van der Waals surface area contributed by atoms with Crippen molar-refractivity contribution in [2.24, 2.45) is 0 Å². The highest BCUT2D eigenvalue weighted by Crippen LogP contribution is 2.26. The van der Waals surface area contributed by atoms with Gasteiger partial charge >= 0.3 is 0 Å². The third kappa shape index (κ3) is 2.65. The predicted molar refractivity (Wildman–Crippen MR) is 90.4 cm³/mol. The number of hydrogen-bond acceptors (Lipinski definition) is 5. The van der Waals surface area contributed by atoms with E-state index in [-0.39, 0.29) is 11.8 Å². The fourth-order valence-corrected chi connectivity index (χ4v) is 3.51. The summed E-state index contributed by atoms with van der Waals surface area (Å²) in [5, 5.41) is 11.8. The van der Waals surface area contributed by atoms with Gasteiger partial charge in [0.1, 0.15) is 11.6 Å². The topological polar surface area (TPSA) is 91.0 Å². The Morgan fingerprint density at radius 3 is 3.12 bits per heavy atom. The minimum absolute atomic E-state index is 0.00213. The number of nitrogens with zero attached hydrogens (tertiary/aromatic N) is 3. The van der Waals surface area contributed by atoms with Crippen LogP contribution in [0.4, 0.5) is 5.13 Å². The molecule has 2 amide bonds. The summed E-state index contributed by atoms with van der Waals surface area (Å²) in [6, 6.07) is 7.45.